The maximum atomic E-state index is 12.7. The second kappa shape index (κ2) is 8.14. The third kappa shape index (κ3) is 3.92. The summed E-state index contributed by atoms with van der Waals surface area (Å²) in [6.07, 6.45) is -0.423. The summed E-state index contributed by atoms with van der Waals surface area (Å²) in [5, 5.41) is 17.7. The van der Waals surface area contributed by atoms with Gasteiger partial charge in [0.05, 0.1) is 11.1 Å². The summed E-state index contributed by atoms with van der Waals surface area (Å²) >= 11 is 6.23. The van der Waals surface area contributed by atoms with Gasteiger partial charge in [-0.2, -0.15) is 0 Å². The lowest BCUT2D eigenvalue weighted by Gasteiger charge is -2.12. The maximum absolute atomic E-state index is 12.7. The minimum Gasteiger partial charge on any atom is -0.454 e. The standard InChI is InChI=1S/C21H19ClN2O5/c1-12-19(20(24-29-12)14-4-2-3-5-15(14)22)21(26)23-9-8-16(25)13-6-7-17-18(10-13)28-11-27-17/h2-7,10,16,25H,8-9,11H2,1H3,(H,23,26)/t16-/m0/s1. The number of carbonyl (C=O) groups excluding carboxylic acids is 1. The summed E-state index contributed by atoms with van der Waals surface area (Å²) in [6.45, 7) is 2.11. The van der Waals surface area contributed by atoms with Crippen molar-refractivity contribution in [1.29, 1.82) is 0 Å². The number of halogens is 1. The predicted octanol–water partition coefficient (Wildman–Crippen LogP) is 3.89. The molecule has 2 N–H and O–H groups in total. The molecule has 0 fully saturated rings. The van der Waals surface area contributed by atoms with Crippen LogP contribution >= 0.6 is 11.6 Å². The van der Waals surface area contributed by atoms with Gasteiger partial charge in [-0.05, 0) is 37.1 Å². The Morgan fingerprint density at radius 2 is 2.03 bits per heavy atom. The van der Waals surface area contributed by atoms with Crippen molar-refractivity contribution in [3.05, 3.63) is 64.4 Å². The Kier molecular flexibility index (Phi) is 5.42. The Labute approximate surface area is 172 Å². The van der Waals surface area contributed by atoms with Crippen molar-refractivity contribution in [3.63, 3.8) is 0 Å². The minimum absolute atomic E-state index is 0.177. The molecule has 0 bridgehead atoms. The molecule has 0 saturated heterocycles. The number of nitrogens with one attached hydrogen (secondary N) is 1. The van der Waals surface area contributed by atoms with Gasteiger partial charge in [-0.15, -0.1) is 0 Å². The molecule has 1 atom stereocenters. The van der Waals surface area contributed by atoms with Crippen molar-refractivity contribution >= 4 is 17.5 Å². The highest BCUT2D eigenvalue weighted by Gasteiger charge is 2.23. The van der Waals surface area contributed by atoms with Crippen LogP contribution in [0.1, 0.15) is 34.2 Å². The van der Waals surface area contributed by atoms with E-state index < -0.39 is 6.10 Å². The zero-order valence-electron chi connectivity index (χ0n) is 15.6. The molecule has 29 heavy (non-hydrogen) atoms. The van der Waals surface area contributed by atoms with Crippen LogP contribution < -0.4 is 14.8 Å². The van der Waals surface area contributed by atoms with Gasteiger partial charge in [0.15, 0.2) is 11.5 Å². The highest BCUT2D eigenvalue weighted by Crippen LogP contribution is 2.35. The number of rotatable bonds is 6. The van der Waals surface area contributed by atoms with E-state index >= 15 is 0 Å². The first-order valence-corrected chi connectivity index (χ1v) is 9.49. The van der Waals surface area contributed by atoms with Crippen LogP contribution in [0.2, 0.25) is 5.02 Å². The van der Waals surface area contributed by atoms with Crippen molar-refractivity contribution < 1.29 is 23.9 Å². The molecular formula is C21H19ClN2O5. The Balaban J connectivity index is 1.42. The van der Waals surface area contributed by atoms with Gasteiger partial charge >= 0.3 is 0 Å². The molecule has 4 rings (SSSR count). The van der Waals surface area contributed by atoms with Crippen LogP contribution in [0, 0.1) is 6.92 Å². The minimum atomic E-state index is -0.753. The van der Waals surface area contributed by atoms with E-state index in [1.54, 1.807) is 43.3 Å². The third-order valence-electron chi connectivity index (χ3n) is 4.70. The van der Waals surface area contributed by atoms with Gasteiger partial charge in [0.25, 0.3) is 5.91 Å². The van der Waals surface area contributed by atoms with Gasteiger partial charge in [0.1, 0.15) is 17.0 Å². The van der Waals surface area contributed by atoms with Gasteiger partial charge < -0.3 is 24.4 Å². The lowest BCUT2D eigenvalue weighted by atomic mass is 10.0. The SMILES string of the molecule is Cc1onc(-c2ccccc2Cl)c1C(=O)NCC[C@H](O)c1ccc2c(c1)OCO2. The van der Waals surface area contributed by atoms with Crippen molar-refractivity contribution in [2.45, 2.75) is 19.4 Å². The van der Waals surface area contributed by atoms with E-state index in [1.807, 2.05) is 6.07 Å². The number of benzene rings is 2. The molecule has 1 aromatic heterocycles. The third-order valence-corrected chi connectivity index (χ3v) is 5.03. The lowest BCUT2D eigenvalue weighted by Crippen LogP contribution is -2.26. The van der Waals surface area contributed by atoms with Crippen LogP contribution in [0.3, 0.4) is 0 Å². The maximum Gasteiger partial charge on any atom is 0.257 e. The second-order valence-corrected chi connectivity index (χ2v) is 7.02. The molecule has 0 spiro atoms. The number of hydrogen-bond donors (Lipinski definition) is 2. The predicted molar refractivity (Wildman–Crippen MR) is 106 cm³/mol. The van der Waals surface area contributed by atoms with Gasteiger partial charge in [-0.1, -0.05) is 41.0 Å². The Hall–Kier alpha value is -3.03. The van der Waals surface area contributed by atoms with Crippen LogP contribution in [-0.4, -0.2) is 29.5 Å². The molecule has 0 saturated carbocycles. The van der Waals surface area contributed by atoms with Crippen LogP contribution in [-0.2, 0) is 0 Å². The highest BCUT2D eigenvalue weighted by molar-refractivity contribution is 6.33. The van der Waals surface area contributed by atoms with Crippen molar-refractivity contribution in [1.82, 2.24) is 10.5 Å². The number of ether oxygens (including phenoxy) is 2. The molecule has 3 aromatic rings. The van der Waals surface area contributed by atoms with Crippen molar-refractivity contribution in [2.24, 2.45) is 0 Å². The Bertz CT molecular complexity index is 1050. The first-order chi connectivity index (χ1) is 14.0. The summed E-state index contributed by atoms with van der Waals surface area (Å²) in [5.41, 5.74) is 2.04. The summed E-state index contributed by atoms with van der Waals surface area (Å²) < 4.78 is 15.8. The molecule has 0 unspecified atom stereocenters. The lowest BCUT2D eigenvalue weighted by molar-refractivity contribution is 0.0941. The smallest absolute Gasteiger partial charge is 0.257 e. The second-order valence-electron chi connectivity index (χ2n) is 6.62. The summed E-state index contributed by atoms with van der Waals surface area (Å²) in [6, 6.07) is 12.4. The summed E-state index contributed by atoms with van der Waals surface area (Å²) in [5.74, 6) is 1.32. The van der Waals surface area contributed by atoms with E-state index in [2.05, 4.69) is 10.5 Å². The van der Waals surface area contributed by atoms with Gasteiger partial charge in [-0.25, -0.2) is 0 Å². The summed E-state index contributed by atoms with van der Waals surface area (Å²) in [7, 11) is 0. The quantitative estimate of drug-likeness (QED) is 0.635. The van der Waals surface area contributed by atoms with Crippen LogP contribution in [0.25, 0.3) is 11.3 Å². The van der Waals surface area contributed by atoms with Crippen LogP contribution in [0.4, 0.5) is 0 Å². The molecule has 2 aromatic carbocycles. The number of hydrogen-bond acceptors (Lipinski definition) is 6. The van der Waals surface area contributed by atoms with Crippen molar-refractivity contribution in [2.75, 3.05) is 13.3 Å². The molecular weight excluding hydrogens is 396 g/mol. The number of aromatic nitrogens is 1. The first-order valence-electron chi connectivity index (χ1n) is 9.11. The highest BCUT2D eigenvalue weighted by atomic mass is 35.5. The fourth-order valence-corrected chi connectivity index (χ4v) is 3.40. The van der Waals surface area contributed by atoms with Gasteiger partial charge in [0, 0.05) is 12.1 Å². The Morgan fingerprint density at radius 1 is 1.24 bits per heavy atom. The normalized spacial score (nSPS) is 13.3. The average molecular weight is 415 g/mol. The zero-order valence-corrected chi connectivity index (χ0v) is 16.4. The van der Waals surface area contributed by atoms with Crippen LogP contribution in [0.15, 0.2) is 47.0 Å². The number of nitrogens with zero attached hydrogens (tertiary/aromatic N) is 1. The molecule has 8 heteroatoms. The molecule has 0 radical (unpaired) electrons. The van der Waals surface area contributed by atoms with Gasteiger partial charge in [-0.3, -0.25) is 4.79 Å². The van der Waals surface area contributed by atoms with Crippen molar-refractivity contribution in [3.8, 4) is 22.8 Å². The molecule has 2 heterocycles. The monoisotopic (exact) mass is 414 g/mol. The Morgan fingerprint density at radius 3 is 2.86 bits per heavy atom. The molecule has 150 valence electrons. The number of aliphatic hydroxyl groups is 1. The average Bonchev–Trinajstić information content (AvgIpc) is 3.34. The number of carbonyl (C=O) groups is 1. The molecule has 0 aliphatic carbocycles. The van der Waals surface area contributed by atoms with Crippen LogP contribution in [0.5, 0.6) is 11.5 Å². The van der Waals surface area contributed by atoms with E-state index in [0.717, 1.165) is 0 Å². The first kappa shape index (κ1) is 19.3. The zero-order chi connectivity index (χ0) is 20.4. The summed E-state index contributed by atoms with van der Waals surface area (Å²) in [4.78, 5) is 12.7. The fourth-order valence-electron chi connectivity index (χ4n) is 3.17. The van der Waals surface area contributed by atoms with E-state index in [1.165, 1.54) is 0 Å². The van der Waals surface area contributed by atoms with Gasteiger partial charge in [0.2, 0.25) is 6.79 Å². The van der Waals surface area contributed by atoms with E-state index in [9.17, 15) is 9.90 Å². The molecule has 1 aliphatic rings. The molecule has 1 aliphatic heterocycles. The topological polar surface area (TPSA) is 93.8 Å². The molecule has 7 nitrogen and oxygen atoms in total. The number of aliphatic hydroxyl groups excluding tert-OH is 1. The molecule has 1 amide bonds. The van der Waals surface area contributed by atoms with E-state index in [-0.39, 0.29) is 19.2 Å². The number of amides is 1. The fraction of sp³-hybridized carbons (Fsp3) is 0.238. The van der Waals surface area contributed by atoms with E-state index in [0.29, 0.717) is 51.1 Å². The number of fused-ring (bicyclic) bond motifs is 1. The number of aryl methyl sites for hydroxylation is 1. The largest absolute Gasteiger partial charge is 0.454 e. The van der Waals surface area contributed by atoms with E-state index in [4.69, 9.17) is 25.6 Å².